The zero-order valence-electron chi connectivity index (χ0n) is 10.7. The number of amides is 1. The van der Waals surface area contributed by atoms with E-state index in [0.29, 0.717) is 12.2 Å². The van der Waals surface area contributed by atoms with E-state index in [1.54, 1.807) is 0 Å². The van der Waals surface area contributed by atoms with Crippen molar-refractivity contribution >= 4 is 23.1 Å². The lowest BCUT2D eigenvalue weighted by Crippen LogP contribution is -2.64. The Morgan fingerprint density at radius 1 is 1.53 bits per heavy atom. The van der Waals surface area contributed by atoms with E-state index in [2.05, 4.69) is 22.2 Å². The van der Waals surface area contributed by atoms with Crippen LogP contribution in [0.15, 0.2) is 17.7 Å². The number of nitrogen functional groups attached to an aromatic ring is 1. The topological polar surface area (TPSA) is 80.0 Å². The molecule has 19 heavy (non-hydrogen) atoms. The van der Waals surface area contributed by atoms with Gasteiger partial charge in [0.05, 0.1) is 11.0 Å². The number of thiazole rings is 1. The Bertz CT molecular complexity index is 518. The van der Waals surface area contributed by atoms with Crippen molar-refractivity contribution < 1.29 is 4.79 Å². The maximum Gasteiger partial charge on any atom is 0.246 e. The second kappa shape index (κ2) is 4.52. The van der Waals surface area contributed by atoms with Gasteiger partial charge in [0.25, 0.3) is 0 Å². The Balaban J connectivity index is 1.72. The molecule has 0 aromatic carbocycles. The normalized spacial score (nSPS) is 25.4. The van der Waals surface area contributed by atoms with Crippen LogP contribution in [-0.2, 0) is 11.2 Å². The van der Waals surface area contributed by atoms with Gasteiger partial charge in [-0.2, -0.15) is 0 Å². The molecule has 1 aromatic rings. The van der Waals surface area contributed by atoms with Gasteiger partial charge in [0.2, 0.25) is 5.91 Å². The maximum absolute atomic E-state index is 12.3. The predicted octanol–water partition coefficient (Wildman–Crippen LogP) is 1.18. The molecule has 2 aliphatic rings. The monoisotopic (exact) mass is 278 g/mol. The third kappa shape index (κ3) is 2.20. The summed E-state index contributed by atoms with van der Waals surface area (Å²) in [6, 6.07) is -0.0933. The van der Waals surface area contributed by atoms with Crippen LogP contribution in [0.4, 0.5) is 5.82 Å². The zero-order valence-corrected chi connectivity index (χ0v) is 11.6. The maximum atomic E-state index is 12.3. The third-order valence-corrected chi connectivity index (χ3v) is 4.86. The van der Waals surface area contributed by atoms with Gasteiger partial charge in [-0.25, -0.2) is 4.98 Å². The molecule has 2 heterocycles. The SMILES string of the molecule is C=C1NC2(CCCC2)C(=O)NC1Cc1nc(N)cs1. The molecule has 102 valence electrons. The van der Waals surface area contributed by atoms with Crippen LogP contribution in [0.5, 0.6) is 0 Å². The summed E-state index contributed by atoms with van der Waals surface area (Å²) in [6.07, 6.45) is 4.64. The van der Waals surface area contributed by atoms with E-state index in [9.17, 15) is 4.79 Å². The highest BCUT2D eigenvalue weighted by atomic mass is 32.1. The van der Waals surface area contributed by atoms with E-state index in [1.165, 1.54) is 11.3 Å². The largest absolute Gasteiger partial charge is 0.383 e. The van der Waals surface area contributed by atoms with Gasteiger partial charge in [0, 0.05) is 17.5 Å². The average molecular weight is 278 g/mol. The van der Waals surface area contributed by atoms with Crippen LogP contribution in [0.3, 0.4) is 0 Å². The number of rotatable bonds is 2. The first-order valence-corrected chi connectivity index (χ1v) is 7.45. The summed E-state index contributed by atoms with van der Waals surface area (Å²) in [5.74, 6) is 0.639. The molecule has 1 aromatic heterocycles. The Morgan fingerprint density at radius 3 is 2.89 bits per heavy atom. The van der Waals surface area contributed by atoms with Crippen molar-refractivity contribution in [1.82, 2.24) is 15.6 Å². The van der Waals surface area contributed by atoms with Gasteiger partial charge in [0.1, 0.15) is 11.4 Å². The average Bonchev–Trinajstić information content (AvgIpc) is 2.97. The first kappa shape index (κ1) is 12.5. The molecular weight excluding hydrogens is 260 g/mol. The van der Waals surface area contributed by atoms with Gasteiger partial charge in [0.15, 0.2) is 0 Å². The number of nitrogens with one attached hydrogen (secondary N) is 2. The zero-order chi connectivity index (χ0) is 13.5. The highest BCUT2D eigenvalue weighted by Gasteiger charge is 2.45. The summed E-state index contributed by atoms with van der Waals surface area (Å²) in [4.78, 5) is 16.5. The van der Waals surface area contributed by atoms with Crippen molar-refractivity contribution in [3.8, 4) is 0 Å². The lowest BCUT2D eigenvalue weighted by molar-refractivity contribution is -0.129. The van der Waals surface area contributed by atoms with Crippen molar-refractivity contribution in [2.75, 3.05) is 5.73 Å². The van der Waals surface area contributed by atoms with Gasteiger partial charge in [-0.05, 0) is 12.8 Å². The van der Waals surface area contributed by atoms with E-state index >= 15 is 0 Å². The molecule has 1 amide bonds. The molecule has 0 bridgehead atoms. The minimum absolute atomic E-state index is 0.0933. The lowest BCUT2D eigenvalue weighted by Gasteiger charge is -2.40. The summed E-state index contributed by atoms with van der Waals surface area (Å²) >= 11 is 1.51. The van der Waals surface area contributed by atoms with Crippen molar-refractivity contribution in [3.05, 3.63) is 22.7 Å². The van der Waals surface area contributed by atoms with Gasteiger partial charge in [-0.3, -0.25) is 4.79 Å². The van der Waals surface area contributed by atoms with Crippen LogP contribution >= 0.6 is 11.3 Å². The van der Waals surface area contributed by atoms with Gasteiger partial charge in [-0.15, -0.1) is 11.3 Å². The summed E-state index contributed by atoms with van der Waals surface area (Å²) < 4.78 is 0. The quantitative estimate of drug-likeness (QED) is 0.759. The highest BCUT2D eigenvalue weighted by molar-refractivity contribution is 7.10. The number of piperazine rings is 1. The number of anilines is 1. The third-order valence-electron chi connectivity index (χ3n) is 3.97. The van der Waals surface area contributed by atoms with Crippen LogP contribution in [0.25, 0.3) is 0 Å². The smallest absolute Gasteiger partial charge is 0.246 e. The number of carbonyl (C=O) groups is 1. The summed E-state index contributed by atoms with van der Waals surface area (Å²) in [5.41, 5.74) is 6.09. The van der Waals surface area contributed by atoms with E-state index in [1.807, 2.05) is 5.38 Å². The van der Waals surface area contributed by atoms with Crippen LogP contribution in [0.1, 0.15) is 30.7 Å². The van der Waals surface area contributed by atoms with Crippen LogP contribution in [0.2, 0.25) is 0 Å². The highest BCUT2D eigenvalue weighted by Crippen LogP contribution is 2.33. The van der Waals surface area contributed by atoms with Gasteiger partial charge < -0.3 is 16.4 Å². The van der Waals surface area contributed by atoms with E-state index in [0.717, 1.165) is 36.4 Å². The fraction of sp³-hybridized carbons (Fsp3) is 0.538. The van der Waals surface area contributed by atoms with E-state index < -0.39 is 5.54 Å². The Hall–Kier alpha value is -1.56. The molecule has 5 nitrogen and oxygen atoms in total. The van der Waals surface area contributed by atoms with Crippen molar-refractivity contribution in [3.63, 3.8) is 0 Å². The molecule has 4 N–H and O–H groups in total. The first-order chi connectivity index (χ1) is 9.09. The van der Waals surface area contributed by atoms with Crippen molar-refractivity contribution in [2.45, 2.75) is 43.7 Å². The molecular formula is C13H18N4OS. The second-order valence-electron chi connectivity index (χ2n) is 5.34. The Kier molecular flexibility index (Phi) is 2.97. The fourth-order valence-electron chi connectivity index (χ4n) is 2.93. The number of carbonyl (C=O) groups excluding carboxylic acids is 1. The van der Waals surface area contributed by atoms with Crippen LogP contribution < -0.4 is 16.4 Å². The molecule has 1 saturated heterocycles. The number of nitrogens with two attached hydrogens (primary N) is 1. The molecule has 1 aliphatic heterocycles. The molecule has 1 aliphatic carbocycles. The summed E-state index contributed by atoms with van der Waals surface area (Å²) in [6.45, 7) is 4.07. The Labute approximate surface area is 116 Å². The van der Waals surface area contributed by atoms with Crippen LogP contribution in [-0.4, -0.2) is 22.5 Å². The minimum Gasteiger partial charge on any atom is -0.383 e. The van der Waals surface area contributed by atoms with E-state index in [4.69, 9.17) is 5.73 Å². The van der Waals surface area contributed by atoms with Crippen molar-refractivity contribution in [1.29, 1.82) is 0 Å². The molecule has 3 rings (SSSR count). The first-order valence-electron chi connectivity index (χ1n) is 6.57. The molecule has 1 saturated carbocycles. The van der Waals surface area contributed by atoms with Gasteiger partial charge in [-0.1, -0.05) is 19.4 Å². The molecule has 1 atom stereocenters. The number of nitrogens with zero attached hydrogens (tertiary/aromatic N) is 1. The number of hydrogen-bond acceptors (Lipinski definition) is 5. The van der Waals surface area contributed by atoms with E-state index in [-0.39, 0.29) is 11.9 Å². The van der Waals surface area contributed by atoms with Gasteiger partial charge >= 0.3 is 0 Å². The number of hydrogen-bond donors (Lipinski definition) is 3. The van der Waals surface area contributed by atoms with Crippen LogP contribution in [0, 0.1) is 0 Å². The molecule has 1 spiro atoms. The fourth-order valence-corrected chi connectivity index (χ4v) is 3.66. The number of aromatic nitrogens is 1. The molecule has 6 heteroatoms. The summed E-state index contributed by atoms with van der Waals surface area (Å²) in [5, 5.41) is 9.18. The lowest BCUT2D eigenvalue weighted by atomic mass is 9.91. The minimum atomic E-state index is -0.407. The standard InChI is InChI=1S/C13H18N4OS/c1-8-9(6-11-16-10(14)7-19-11)15-12(18)13(17-8)4-2-3-5-13/h7,9,17H,1-6,14H2,(H,15,18). The Morgan fingerprint density at radius 2 is 2.26 bits per heavy atom. The summed E-state index contributed by atoms with van der Waals surface area (Å²) in [7, 11) is 0. The second-order valence-corrected chi connectivity index (χ2v) is 6.28. The van der Waals surface area contributed by atoms with Crippen molar-refractivity contribution in [2.24, 2.45) is 0 Å². The predicted molar refractivity (Wildman–Crippen MR) is 75.6 cm³/mol. The molecule has 2 fully saturated rings. The molecule has 1 unspecified atom stereocenters. The molecule has 0 radical (unpaired) electrons.